The smallest absolute Gasteiger partial charge is 0.324 e. The van der Waals surface area contributed by atoms with Crippen LogP contribution in [0.2, 0.25) is 0 Å². The molecule has 4 rings (SSSR count). The highest BCUT2D eigenvalue weighted by Crippen LogP contribution is 2.40. The summed E-state index contributed by atoms with van der Waals surface area (Å²) in [6.45, 7) is 0. The Balaban J connectivity index is 0.000000261. The lowest BCUT2D eigenvalue weighted by Crippen LogP contribution is -1.97. The summed E-state index contributed by atoms with van der Waals surface area (Å²) in [6, 6.07) is 18.0. The molecule has 0 aliphatic rings. The van der Waals surface area contributed by atoms with Crippen LogP contribution >= 0.6 is 0 Å². The molecule has 0 saturated carbocycles. The van der Waals surface area contributed by atoms with Crippen molar-refractivity contribution >= 4 is 45.5 Å². The number of nitrogens with zero attached hydrogens (tertiary/aromatic N) is 6. The summed E-state index contributed by atoms with van der Waals surface area (Å²) < 4.78 is 0. The number of benzene rings is 4. The van der Waals surface area contributed by atoms with Crippen molar-refractivity contribution in [3.05, 3.63) is 145 Å². The number of unbranched alkanes of at least 4 members (excludes halogenated alkanes) is 1. The maximum Gasteiger partial charge on any atom is 0.324 e. The molecule has 4 aromatic rings. The topological polar surface area (TPSA) is 351 Å². The van der Waals surface area contributed by atoms with Crippen molar-refractivity contribution in [3.63, 3.8) is 0 Å². The molecule has 0 saturated heterocycles. The van der Waals surface area contributed by atoms with Gasteiger partial charge in [-0.2, -0.15) is 0 Å². The molecule has 0 unspecified atom stereocenters. The van der Waals surface area contributed by atoms with E-state index in [1.165, 1.54) is 11.1 Å². The predicted octanol–water partition coefficient (Wildman–Crippen LogP) is 5.65. The summed E-state index contributed by atoms with van der Waals surface area (Å²) in [5, 5.41) is 80.4. The number of phenols is 2. The van der Waals surface area contributed by atoms with E-state index in [0.29, 0.717) is 24.3 Å². The molecule has 4 aromatic carbocycles. The number of anilines is 2. The maximum absolute atomic E-state index is 10.4. The standard InChI is InChI=1S/C16H20N2.2C6H3N3O7/c17-15-11-5-3-9-13(15)7-1-2-8-14-10-4-6-12-16(14)18;2*10-6-4(8(13)14)1-3(7(11)12)2-5(6)9(15)16/h3-6,9-12H,1-2,7-8,17-18H2;2*1-2,10H. The number of non-ortho nitro benzene ring substituents is 2. The lowest BCUT2D eigenvalue weighted by molar-refractivity contribution is -0.404. The molecule has 0 radical (unpaired) electrons. The molecule has 22 heteroatoms. The summed E-state index contributed by atoms with van der Waals surface area (Å²) in [7, 11) is 0. The first-order valence-electron chi connectivity index (χ1n) is 13.7. The highest BCUT2D eigenvalue weighted by molar-refractivity contribution is 5.65. The summed E-state index contributed by atoms with van der Waals surface area (Å²) in [5.74, 6) is -2.42. The van der Waals surface area contributed by atoms with Crippen molar-refractivity contribution in [1.82, 2.24) is 0 Å². The van der Waals surface area contributed by atoms with Crippen molar-refractivity contribution in [3.8, 4) is 11.5 Å². The van der Waals surface area contributed by atoms with Crippen LogP contribution in [0, 0.1) is 60.7 Å². The molecule has 0 spiro atoms. The van der Waals surface area contributed by atoms with Crippen molar-refractivity contribution in [2.45, 2.75) is 25.7 Å². The molecule has 6 N–H and O–H groups in total. The molecule has 0 amide bonds. The number of nitro groups is 6. The third-order valence-electron chi connectivity index (χ3n) is 6.57. The van der Waals surface area contributed by atoms with Gasteiger partial charge in [0.05, 0.1) is 53.8 Å². The number of nitro benzene ring substituents is 6. The number of aromatic hydroxyl groups is 2. The molecular formula is C28H26N8O14. The van der Waals surface area contributed by atoms with E-state index in [1.807, 2.05) is 36.4 Å². The van der Waals surface area contributed by atoms with Gasteiger partial charge < -0.3 is 21.7 Å². The van der Waals surface area contributed by atoms with E-state index in [9.17, 15) is 60.7 Å². The minimum absolute atomic E-state index is 0.447. The maximum atomic E-state index is 10.4. The fourth-order valence-corrected chi connectivity index (χ4v) is 4.10. The van der Waals surface area contributed by atoms with Crippen molar-refractivity contribution in [2.75, 3.05) is 11.5 Å². The van der Waals surface area contributed by atoms with Gasteiger partial charge in [-0.15, -0.1) is 0 Å². The molecule has 0 aromatic heterocycles. The summed E-state index contributed by atoms with van der Waals surface area (Å²) in [4.78, 5) is 55.5. The number of phenolic OH excluding ortho intramolecular Hbond substituents is 2. The Morgan fingerprint density at radius 3 is 0.940 bits per heavy atom. The summed E-state index contributed by atoms with van der Waals surface area (Å²) in [6.07, 6.45) is 4.36. The van der Waals surface area contributed by atoms with Gasteiger partial charge in [-0.3, -0.25) is 60.7 Å². The number of rotatable bonds is 11. The highest BCUT2D eigenvalue weighted by atomic mass is 16.7. The minimum atomic E-state index is -1.21. The van der Waals surface area contributed by atoms with Crippen LogP contribution in [0.5, 0.6) is 11.5 Å². The highest BCUT2D eigenvalue weighted by Gasteiger charge is 2.31. The van der Waals surface area contributed by atoms with E-state index < -0.39 is 75.2 Å². The van der Waals surface area contributed by atoms with Gasteiger partial charge in [-0.1, -0.05) is 36.4 Å². The van der Waals surface area contributed by atoms with E-state index in [0.717, 1.165) is 37.1 Å². The van der Waals surface area contributed by atoms with Crippen LogP contribution in [0.1, 0.15) is 24.0 Å². The van der Waals surface area contributed by atoms with Crippen molar-refractivity contribution in [1.29, 1.82) is 0 Å². The minimum Gasteiger partial charge on any atom is -0.497 e. The quantitative estimate of drug-likeness (QED) is 0.0635. The Labute approximate surface area is 278 Å². The van der Waals surface area contributed by atoms with Gasteiger partial charge in [-0.05, 0) is 48.9 Å². The first-order chi connectivity index (χ1) is 23.5. The molecule has 0 bridgehead atoms. The second kappa shape index (κ2) is 17.4. The predicted molar refractivity (Wildman–Crippen MR) is 174 cm³/mol. The van der Waals surface area contributed by atoms with E-state index in [-0.39, 0.29) is 0 Å². The first-order valence-corrected chi connectivity index (χ1v) is 13.7. The molecule has 0 heterocycles. The normalized spacial score (nSPS) is 10.0. The molecule has 0 aliphatic carbocycles. The second-order valence-corrected chi connectivity index (χ2v) is 9.81. The monoisotopic (exact) mass is 698 g/mol. The van der Waals surface area contributed by atoms with Crippen LogP contribution in [0.15, 0.2) is 72.8 Å². The zero-order valence-corrected chi connectivity index (χ0v) is 25.4. The zero-order chi connectivity index (χ0) is 37.7. The van der Waals surface area contributed by atoms with Crippen LogP contribution in [-0.2, 0) is 12.8 Å². The van der Waals surface area contributed by atoms with Crippen LogP contribution in [-0.4, -0.2) is 39.8 Å². The number of nitrogen functional groups attached to an aromatic ring is 2. The van der Waals surface area contributed by atoms with Gasteiger partial charge in [0.2, 0.25) is 0 Å². The van der Waals surface area contributed by atoms with Crippen LogP contribution in [0.3, 0.4) is 0 Å². The average Bonchev–Trinajstić information content (AvgIpc) is 3.04. The van der Waals surface area contributed by atoms with Gasteiger partial charge in [0.1, 0.15) is 0 Å². The largest absolute Gasteiger partial charge is 0.497 e. The lowest BCUT2D eigenvalue weighted by Gasteiger charge is -2.06. The Kier molecular flexibility index (Phi) is 13.5. The number of para-hydroxylation sites is 2. The van der Waals surface area contributed by atoms with Gasteiger partial charge in [0, 0.05) is 11.4 Å². The van der Waals surface area contributed by atoms with Gasteiger partial charge in [0.25, 0.3) is 22.9 Å². The third-order valence-corrected chi connectivity index (χ3v) is 6.57. The van der Waals surface area contributed by atoms with Crippen molar-refractivity contribution in [2.24, 2.45) is 0 Å². The van der Waals surface area contributed by atoms with Gasteiger partial charge in [-0.25, -0.2) is 0 Å². The Morgan fingerprint density at radius 1 is 0.460 bits per heavy atom. The van der Waals surface area contributed by atoms with Crippen molar-refractivity contribution < 1.29 is 39.8 Å². The van der Waals surface area contributed by atoms with Crippen LogP contribution in [0.4, 0.5) is 45.5 Å². The molecule has 0 atom stereocenters. The van der Waals surface area contributed by atoms with E-state index in [4.69, 9.17) is 21.7 Å². The number of nitrogens with two attached hydrogens (primary N) is 2. The van der Waals surface area contributed by atoms with E-state index >= 15 is 0 Å². The lowest BCUT2D eigenvalue weighted by atomic mass is 10.0. The summed E-state index contributed by atoms with van der Waals surface area (Å²) in [5.41, 5.74) is 10.1. The van der Waals surface area contributed by atoms with Gasteiger partial charge >= 0.3 is 22.7 Å². The Bertz CT molecular complexity index is 1740. The van der Waals surface area contributed by atoms with Crippen LogP contribution < -0.4 is 11.5 Å². The fourth-order valence-electron chi connectivity index (χ4n) is 4.10. The Morgan fingerprint density at radius 2 is 0.720 bits per heavy atom. The number of hydrogen-bond donors (Lipinski definition) is 4. The zero-order valence-electron chi connectivity index (χ0n) is 25.4. The average molecular weight is 699 g/mol. The second-order valence-electron chi connectivity index (χ2n) is 9.81. The fraction of sp³-hybridized carbons (Fsp3) is 0.143. The molecule has 50 heavy (non-hydrogen) atoms. The number of hydrogen-bond acceptors (Lipinski definition) is 16. The molecule has 0 aliphatic heterocycles. The van der Waals surface area contributed by atoms with E-state index in [2.05, 4.69) is 12.1 Å². The molecule has 22 nitrogen and oxygen atoms in total. The molecule has 0 fully saturated rings. The third kappa shape index (κ3) is 10.5. The van der Waals surface area contributed by atoms with E-state index in [1.54, 1.807) is 0 Å². The number of aryl methyl sites for hydroxylation is 2. The van der Waals surface area contributed by atoms with Gasteiger partial charge in [0.15, 0.2) is 0 Å². The summed E-state index contributed by atoms with van der Waals surface area (Å²) >= 11 is 0. The SMILES string of the molecule is Nc1ccccc1CCCCc1ccccc1N.O=[N+]([O-])c1cc([N+](=O)[O-])c(O)c([N+](=O)[O-])c1.O=[N+]([O-])c1cc([N+](=O)[O-])c(O)c([N+](=O)[O-])c1. The first kappa shape index (κ1) is 38.7. The van der Waals surface area contributed by atoms with Crippen LogP contribution in [0.25, 0.3) is 0 Å². The molecule has 262 valence electrons. The molecular weight excluding hydrogens is 672 g/mol. The Hall–Kier alpha value is -7.52.